The lowest BCUT2D eigenvalue weighted by molar-refractivity contribution is 0.0937. The van der Waals surface area contributed by atoms with E-state index in [2.05, 4.69) is 20.6 Å². The van der Waals surface area contributed by atoms with Crippen LogP contribution in [0.4, 0.5) is 0 Å². The van der Waals surface area contributed by atoms with Crippen molar-refractivity contribution in [2.75, 3.05) is 19.6 Å². The van der Waals surface area contributed by atoms with E-state index in [0.717, 1.165) is 25.9 Å². The maximum Gasteiger partial charge on any atom is 0.271 e. The normalized spacial score (nSPS) is 16.5. The third-order valence-corrected chi connectivity index (χ3v) is 4.69. The van der Waals surface area contributed by atoms with Gasteiger partial charge in [-0.15, -0.1) is 12.4 Å². The number of hydrogen-bond acceptors (Lipinski definition) is 6. The fourth-order valence-corrected chi connectivity index (χ4v) is 3.30. The number of primary amides is 1. The molecule has 3 aromatic rings. The number of imidazole rings is 1. The summed E-state index contributed by atoms with van der Waals surface area (Å²) in [6.07, 6.45) is 5.08. The summed E-state index contributed by atoms with van der Waals surface area (Å²) in [5.41, 5.74) is 6.37. The lowest BCUT2D eigenvalue weighted by Crippen LogP contribution is -2.38. The van der Waals surface area contributed by atoms with Gasteiger partial charge in [0.2, 0.25) is 0 Å². The second kappa shape index (κ2) is 8.41. The van der Waals surface area contributed by atoms with E-state index in [1.54, 1.807) is 18.2 Å². The number of carbonyl (C=O) groups is 2. The molecule has 1 aliphatic heterocycles. The maximum absolute atomic E-state index is 12.8. The Bertz CT molecular complexity index is 979. The highest BCUT2D eigenvalue weighted by atomic mass is 35.5. The number of furan rings is 1. The second-order valence-corrected chi connectivity index (χ2v) is 6.58. The van der Waals surface area contributed by atoms with Gasteiger partial charge < -0.3 is 20.8 Å². The first-order valence-corrected chi connectivity index (χ1v) is 8.84. The highest BCUT2D eigenvalue weighted by Crippen LogP contribution is 2.22. The number of nitrogens with zero attached hydrogens (tertiary/aromatic N) is 3. The summed E-state index contributed by atoms with van der Waals surface area (Å²) in [5, 5.41) is 6.30. The van der Waals surface area contributed by atoms with Crippen molar-refractivity contribution in [1.29, 1.82) is 0 Å². The Hall–Kier alpha value is -2.91. The highest BCUT2D eigenvalue weighted by Gasteiger charge is 2.21. The minimum Gasteiger partial charge on any atom is -0.463 e. The Balaban J connectivity index is 0.00000225. The smallest absolute Gasteiger partial charge is 0.271 e. The van der Waals surface area contributed by atoms with Crippen molar-refractivity contribution in [3.63, 3.8) is 0 Å². The minimum atomic E-state index is -0.707. The van der Waals surface area contributed by atoms with E-state index < -0.39 is 5.91 Å². The molecular formula is C18H21ClN6O3. The number of nitrogens with one attached hydrogen (secondary N) is 2. The van der Waals surface area contributed by atoms with Gasteiger partial charge in [-0.25, -0.2) is 9.97 Å². The standard InChI is InChI=1S/C18H20N6O3.ClH/c19-16(25)15-17-23-12(14-4-2-6-27-14)7-13(24(17)10-22-15)18(26)21-9-11-3-1-5-20-8-11;/h2,4,6-7,10-11,20H,1,3,5,8-9H2,(H2,19,25)(H,21,26);1H. The van der Waals surface area contributed by atoms with Crippen LogP contribution < -0.4 is 16.4 Å². The molecule has 1 unspecified atom stereocenters. The fourth-order valence-electron chi connectivity index (χ4n) is 3.30. The number of halogens is 1. The molecule has 10 heteroatoms. The molecule has 1 saturated heterocycles. The van der Waals surface area contributed by atoms with Gasteiger partial charge in [0.05, 0.1) is 6.26 Å². The predicted octanol–water partition coefficient (Wildman–Crippen LogP) is 1.24. The van der Waals surface area contributed by atoms with Crippen molar-refractivity contribution in [1.82, 2.24) is 25.0 Å². The number of hydrogen-bond donors (Lipinski definition) is 3. The molecule has 4 heterocycles. The number of rotatable bonds is 5. The Morgan fingerprint density at radius 2 is 2.29 bits per heavy atom. The quantitative estimate of drug-likeness (QED) is 0.587. The largest absolute Gasteiger partial charge is 0.463 e. The molecule has 2 amide bonds. The molecule has 0 spiro atoms. The van der Waals surface area contributed by atoms with Gasteiger partial charge in [0.25, 0.3) is 11.8 Å². The van der Waals surface area contributed by atoms with E-state index in [0.29, 0.717) is 29.6 Å². The first kappa shape index (κ1) is 19.8. The summed E-state index contributed by atoms with van der Waals surface area (Å²) in [5.74, 6) is -0.0939. The number of aromatic nitrogens is 3. The molecule has 0 aliphatic carbocycles. The lowest BCUT2D eigenvalue weighted by atomic mass is 10.00. The molecular weight excluding hydrogens is 384 g/mol. The van der Waals surface area contributed by atoms with Crippen LogP contribution in [0.5, 0.6) is 0 Å². The number of fused-ring (bicyclic) bond motifs is 1. The minimum absolute atomic E-state index is 0. The number of carbonyl (C=O) groups excluding carboxylic acids is 2. The third kappa shape index (κ3) is 3.85. The van der Waals surface area contributed by atoms with E-state index in [9.17, 15) is 9.59 Å². The summed E-state index contributed by atoms with van der Waals surface area (Å²) in [6.45, 7) is 2.48. The molecule has 4 rings (SSSR count). The summed E-state index contributed by atoms with van der Waals surface area (Å²) in [6, 6.07) is 5.07. The van der Waals surface area contributed by atoms with Crippen molar-refractivity contribution in [2.24, 2.45) is 11.7 Å². The monoisotopic (exact) mass is 404 g/mol. The summed E-state index contributed by atoms with van der Waals surface area (Å²) < 4.78 is 6.86. The number of amides is 2. The van der Waals surface area contributed by atoms with Gasteiger partial charge in [-0.3, -0.25) is 14.0 Å². The van der Waals surface area contributed by atoms with Crippen LogP contribution in [-0.2, 0) is 0 Å². The van der Waals surface area contributed by atoms with E-state index in [4.69, 9.17) is 10.2 Å². The van der Waals surface area contributed by atoms with Crippen molar-refractivity contribution in [3.8, 4) is 11.5 Å². The van der Waals surface area contributed by atoms with Gasteiger partial charge >= 0.3 is 0 Å². The molecule has 0 saturated carbocycles. The molecule has 1 aliphatic rings. The van der Waals surface area contributed by atoms with Gasteiger partial charge in [0.15, 0.2) is 17.1 Å². The molecule has 148 valence electrons. The summed E-state index contributed by atoms with van der Waals surface area (Å²) in [4.78, 5) is 32.9. The SMILES string of the molecule is Cl.NC(=O)c1ncn2c(C(=O)NCC3CCCNC3)cc(-c3ccco3)nc12. The maximum atomic E-state index is 12.8. The lowest BCUT2D eigenvalue weighted by Gasteiger charge is -2.23. The molecule has 0 aromatic carbocycles. The second-order valence-electron chi connectivity index (χ2n) is 6.58. The number of piperidine rings is 1. The van der Waals surface area contributed by atoms with Crippen LogP contribution in [0.3, 0.4) is 0 Å². The molecule has 4 N–H and O–H groups in total. The topological polar surface area (TPSA) is 128 Å². The zero-order chi connectivity index (χ0) is 18.8. The van der Waals surface area contributed by atoms with Crippen molar-refractivity contribution in [3.05, 3.63) is 42.2 Å². The first-order chi connectivity index (χ1) is 13.1. The van der Waals surface area contributed by atoms with Gasteiger partial charge in [0, 0.05) is 6.54 Å². The zero-order valence-corrected chi connectivity index (χ0v) is 15.9. The van der Waals surface area contributed by atoms with E-state index in [1.807, 2.05) is 0 Å². The molecule has 9 nitrogen and oxygen atoms in total. The predicted molar refractivity (Wildman–Crippen MR) is 104 cm³/mol. The average Bonchev–Trinajstić information content (AvgIpc) is 3.35. The Labute approximate surface area is 167 Å². The van der Waals surface area contributed by atoms with Gasteiger partial charge in [0.1, 0.15) is 17.7 Å². The Morgan fingerprint density at radius 3 is 2.96 bits per heavy atom. The van der Waals surface area contributed by atoms with E-state index in [1.165, 1.54) is 17.0 Å². The zero-order valence-electron chi connectivity index (χ0n) is 15.1. The van der Waals surface area contributed by atoms with Gasteiger partial charge in [-0.2, -0.15) is 0 Å². The summed E-state index contributed by atoms with van der Waals surface area (Å²) >= 11 is 0. The van der Waals surface area contributed by atoms with Crippen LogP contribution in [0.2, 0.25) is 0 Å². The Morgan fingerprint density at radius 1 is 1.43 bits per heavy atom. The third-order valence-electron chi connectivity index (χ3n) is 4.69. The van der Waals surface area contributed by atoms with E-state index in [-0.39, 0.29) is 29.7 Å². The summed E-state index contributed by atoms with van der Waals surface area (Å²) in [7, 11) is 0. The van der Waals surface area contributed by atoms with Crippen LogP contribution in [-0.4, -0.2) is 45.8 Å². The van der Waals surface area contributed by atoms with Crippen molar-refractivity contribution in [2.45, 2.75) is 12.8 Å². The molecule has 0 bridgehead atoms. The number of nitrogens with two attached hydrogens (primary N) is 1. The Kier molecular flexibility index (Phi) is 5.96. The van der Waals surface area contributed by atoms with Crippen molar-refractivity contribution >= 4 is 29.9 Å². The molecule has 1 fully saturated rings. The fraction of sp³-hybridized carbons (Fsp3) is 0.333. The van der Waals surface area contributed by atoms with Crippen LogP contribution in [0.25, 0.3) is 17.1 Å². The van der Waals surface area contributed by atoms with Gasteiger partial charge in [-0.05, 0) is 50.0 Å². The first-order valence-electron chi connectivity index (χ1n) is 8.84. The van der Waals surface area contributed by atoms with Crippen LogP contribution in [0.15, 0.2) is 35.2 Å². The van der Waals surface area contributed by atoms with Crippen molar-refractivity contribution < 1.29 is 14.0 Å². The molecule has 1 atom stereocenters. The van der Waals surface area contributed by atoms with Crippen LogP contribution >= 0.6 is 12.4 Å². The molecule has 28 heavy (non-hydrogen) atoms. The van der Waals surface area contributed by atoms with Gasteiger partial charge in [-0.1, -0.05) is 0 Å². The molecule has 0 radical (unpaired) electrons. The molecule has 3 aromatic heterocycles. The van der Waals surface area contributed by atoms with Crippen LogP contribution in [0.1, 0.15) is 33.8 Å². The highest BCUT2D eigenvalue weighted by molar-refractivity contribution is 5.99. The average molecular weight is 405 g/mol. The van der Waals surface area contributed by atoms with Crippen LogP contribution in [0, 0.1) is 5.92 Å². The van der Waals surface area contributed by atoms with E-state index >= 15 is 0 Å².